The van der Waals surface area contributed by atoms with E-state index in [0.29, 0.717) is 30.9 Å². The van der Waals surface area contributed by atoms with Gasteiger partial charge in [-0.05, 0) is 49.6 Å². The molecule has 0 atom stereocenters. The minimum atomic E-state index is -0.00154. The molecule has 4 heteroatoms. The molecule has 0 aliphatic carbocycles. The lowest BCUT2D eigenvalue weighted by Crippen LogP contribution is -2.14. The van der Waals surface area contributed by atoms with Crippen LogP contribution in [0.1, 0.15) is 24.0 Å². The summed E-state index contributed by atoms with van der Waals surface area (Å²) in [6, 6.07) is 13.2. The normalized spacial score (nSPS) is 10.3. The van der Waals surface area contributed by atoms with Gasteiger partial charge >= 0.3 is 0 Å². The molecule has 0 fully saturated rings. The Balaban J connectivity index is 1.76. The van der Waals surface area contributed by atoms with Crippen molar-refractivity contribution in [3.63, 3.8) is 0 Å². The van der Waals surface area contributed by atoms with Crippen molar-refractivity contribution in [3.8, 4) is 5.75 Å². The van der Waals surface area contributed by atoms with E-state index in [1.807, 2.05) is 50.2 Å². The standard InChI is InChI=1S/C18H22N2O2/c1-13-7-5-9-16(14(13)2)20-18(21)11-6-12-22-17-10-4-3-8-15(17)19/h3-5,7-10H,6,11-12,19H2,1-2H3,(H,20,21). The number of para-hydroxylation sites is 2. The van der Waals surface area contributed by atoms with Crippen molar-refractivity contribution in [2.45, 2.75) is 26.7 Å². The van der Waals surface area contributed by atoms with Gasteiger partial charge in [0, 0.05) is 12.1 Å². The Kier molecular flexibility index (Phi) is 5.42. The molecule has 3 N–H and O–H groups in total. The van der Waals surface area contributed by atoms with Crippen LogP contribution in [0.5, 0.6) is 5.75 Å². The molecule has 0 heterocycles. The molecular formula is C18H22N2O2. The molecule has 4 nitrogen and oxygen atoms in total. The molecule has 2 aromatic rings. The Morgan fingerprint density at radius 3 is 2.68 bits per heavy atom. The maximum absolute atomic E-state index is 12.0. The molecule has 2 aromatic carbocycles. The van der Waals surface area contributed by atoms with Crippen LogP contribution in [0.4, 0.5) is 11.4 Å². The zero-order chi connectivity index (χ0) is 15.9. The maximum Gasteiger partial charge on any atom is 0.224 e. The highest BCUT2D eigenvalue weighted by Crippen LogP contribution is 2.20. The van der Waals surface area contributed by atoms with E-state index in [2.05, 4.69) is 5.32 Å². The minimum Gasteiger partial charge on any atom is -0.491 e. The number of nitrogen functional groups attached to an aromatic ring is 1. The van der Waals surface area contributed by atoms with Crippen molar-refractivity contribution >= 4 is 17.3 Å². The number of ether oxygens (including phenoxy) is 1. The van der Waals surface area contributed by atoms with E-state index in [-0.39, 0.29) is 5.91 Å². The molecule has 2 rings (SSSR count). The summed E-state index contributed by atoms with van der Waals surface area (Å²) >= 11 is 0. The Morgan fingerprint density at radius 1 is 1.14 bits per heavy atom. The summed E-state index contributed by atoms with van der Waals surface area (Å²) in [4.78, 5) is 12.0. The Bertz CT molecular complexity index is 653. The highest BCUT2D eigenvalue weighted by molar-refractivity contribution is 5.91. The second kappa shape index (κ2) is 7.50. The molecule has 0 aliphatic heterocycles. The van der Waals surface area contributed by atoms with E-state index in [1.165, 1.54) is 5.56 Å². The lowest BCUT2D eigenvalue weighted by atomic mass is 10.1. The molecule has 0 unspecified atom stereocenters. The lowest BCUT2D eigenvalue weighted by Gasteiger charge is -2.11. The van der Waals surface area contributed by atoms with Gasteiger partial charge in [-0.1, -0.05) is 24.3 Å². The lowest BCUT2D eigenvalue weighted by molar-refractivity contribution is -0.116. The van der Waals surface area contributed by atoms with E-state index >= 15 is 0 Å². The molecule has 22 heavy (non-hydrogen) atoms. The first kappa shape index (κ1) is 15.9. The number of rotatable bonds is 6. The number of nitrogens with one attached hydrogen (secondary N) is 1. The second-order valence-electron chi connectivity index (χ2n) is 5.29. The summed E-state index contributed by atoms with van der Waals surface area (Å²) in [5.41, 5.74) is 9.55. The zero-order valence-corrected chi connectivity index (χ0v) is 13.1. The molecule has 116 valence electrons. The van der Waals surface area contributed by atoms with Crippen molar-refractivity contribution < 1.29 is 9.53 Å². The monoisotopic (exact) mass is 298 g/mol. The summed E-state index contributed by atoms with van der Waals surface area (Å²) in [7, 11) is 0. The third-order valence-corrected chi connectivity index (χ3v) is 3.60. The third-order valence-electron chi connectivity index (χ3n) is 3.60. The first-order valence-corrected chi connectivity index (χ1v) is 7.41. The van der Waals surface area contributed by atoms with Crippen LogP contribution >= 0.6 is 0 Å². The minimum absolute atomic E-state index is 0.00154. The molecule has 0 aliphatic rings. The first-order chi connectivity index (χ1) is 10.6. The van der Waals surface area contributed by atoms with Crippen molar-refractivity contribution in [2.75, 3.05) is 17.7 Å². The molecule has 0 bridgehead atoms. The van der Waals surface area contributed by atoms with Gasteiger partial charge in [-0.3, -0.25) is 4.79 Å². The maximum atomic E-state index is 12.0. The van der Waals surface area contributed by atoms with E-state index < -0.39 is 0 Å². The number of amides is 1. The predicted molar refractivity (Wildman–Crippen MR) is 90.1 cm³/mol. The fourth-order valence-corrected chi connectivity index (χ4v) is 2.13. The van der Waals surface area contributed by atoms with E-state index in [1.54, 1.807) is 6.07 Å². The number of hydrogen-bond donors (Lipinski definition) is 2. The van der Waals surface area contributed by atoms with Gasteiger partial charge in [0.2, 0.25) is 5.91 Å². The summed E-state index contributed by atoms with van der Waals surface area (Å²) < 4.78 is 5.58. The number of carbonyl (C=O) groups is 1. The van der Waals surface area contributed by atoms with Gasteiger partial charge < -0.3 is 15.8 Å². The first-order valence-electron chi connectivity index (χ1n) is 7.41. The fraction of sp³-hybridized carbons (Fsp3) is 0.278. The van der Waals surface area contributed by atoms with Crippen LogP contribution in [-0.2, 0) is 4.79 Å². The number of benzene rings is 2. The molecular weight excluding hydrogens is 276 g/mol. The highest BCUT2D eigenvalue weighted by atomic mass is 16.5. The molecule has 0 spiro atoms. The van der Waals surface area contributed by atoms with E-state index in [9.17, 15) is 4.79 Å². The SMILES string of the molecule is Cc1cccc(NC(=O)CCCOc2ccccc2N)c1C. The molecule has 0 saturated carbocycles. The summed E-state index contributed by atoms with van der Waals surface area (Å²) in [5, 5.41) is 2.94. The smallest absolute Gasteiger partial charge is 0.224 e. The number of hydrogen-bond acceptors (Lipinski definition) is 3. The highest BCUT2D eigenvalue weighted by Gasteiger charge is 2.06. The van der Waals surface area contributed by atoms with E-state index in [0.717, 1.165) is 11.3 Å². The molecule has 0 saturated heterocycles. The van der Waals surface area contributed by atoms with Crippen molar-refractivity contribution in [1.82, 2.24) is 0 Å². The van der Waals surface area contributed by atoms with Crippen LogP contribution in [-0.4, -0.2) is 12.5 Å². The molecule has 0 aromatic heterocycles. The summed E-state index contributed by atoms with van der Waals surface area (Å²) in [5.74, 6) is 0.663. The van der Waals surface area contributed by atoms with Crippen LogP contribution in [0.15, 0.2) is 42.5 Å². The average Bonchev–Trinajstić information content (AvgIpc) is 2.50. The van der Waals surface area contributed by atoms with Crippen LogP contribution in [0.3, 0.4) is 0 Å². The van der Waals surface area contributed by atoms with Crippen molar-refractivity contribution in [1.29, 1.82) is 0 Å². The van der Waals surface area contributed by atoms with Crippen LogP contribution in [0.2, 0.25) is 0 Å². The number of aryl methyl sites for hydroxylation is 1. The number of carbonyl (C=O) groups excluding carboxylic acids is 1. The van der Waals surface area contributed by atoms with Crippen LogP contribution in [0.25, 0.3) is 0 Å². The second-order valence-corrected chi connectivity index (χ2v) is 5.29. The van der Waals surface area contributed by atoms with Crippen LogP contribution in [0, 0.1) is 13.8 Å². The predicted octanol–water partition coefficient (Wildman–Crippen LogP) is 3.68. The summed E-state index contributed by atoms with van der Waals surface area (Å²) in [6.07, 6.45) is 1.06. The van der Waals surface area contributed by atoms with E-state index in [4.69, 9.17) is 10.5 Å². The zero-order valence-electron chi connectivity index (χ0n) is 13.1. The Morgan fingerprint density at radius 2 is 1.91 bits per heavy atom. The van der Waals surface area contributed by atoms with Crippen molar-refractivity contribution in [3.05, 3.63) is 53.6 Å². The number of anilines is 2. The van der Waals surface area contributed by atoms with Gasteiger partial charge in [-0.2, -0.15) is 0 Å². The Hall–Kier alpha value is -2.49. The van der Waals surface area contributed by atoms with Gasteiger partial charge in [0.1, 0.15) is 5.75 Å². The topological polar surface area (TPSA) is 64.3 Å². The van der Waals surface area contributed by atoms with Gasteiger partial charge in [0.05, 0.1) is 12.3 Å². The van der Waals surface area contributed by atoms with Gasteiger partial charge in [0.15, 0.2) is 0 Å². The van der Waals surface area contributed by atoms with Gasteiger partial charge in [-0.25, -0.2) is 0 Å². The quantitative estimate of drug-likeness (QED) is 0.631. The summed E-state index contributed by atoms with van der Waals surface area (Å²) in [6.45, 7) is 4.50. The van der Waals surface area contributed by atoms with Gasteiger partial charge in [-0.15, -0.1) is 0 Å². The van der Waals surface area contributed by atoms with Gasteiger partial charge in [0.25, 0.3) is 0 Å². The number of nitrogens with two attached hydrogens (primary N) is 1. The van der Waals surface area contributed by atoms with Crippen LogP contribution < -0.4 is 15.8 Å². The largest absolute Gasteiger partial charge is 0.491 e. The molecule has 0 radical (unpaired) electrons. The molecule has 1 amide bonds. The fourth-order valence-electron chi connectivity index (χ4n) is 2.13. The average molecular weight is 298 g/mol. The Labute approximate surface area is 131 Å². The third kappa shape index (κ3) is 4.25. The van der Waals surface area contributed by atoms with Crippen molar-refractivity contribution in [2.24, 2.45) is 0 Å².